The van der Waals surface area contributed by atoms with Gasteiger partial charge in [-0.15, -0.1) is 0 Å². The Morgan fingerprint density at radius 1 is 1.13 bits per heavy atom. The summed E-state index contributed by atoms with van der Waals surface area (Å²) in [6.07, 6.45) is 2.57. The van der Waals surface area contributed by atoms with Gasteiger partial charge in [0.15, 0.2) is 0 Å². The molecule has 166 valence electrons. The van der Waals surface area contributed by atoms with E-state index in [1.165, 1.54) is 0 Å². The molecule has 0 saturated carbocycles. The van der Waals surface area contributed by atoms with Gasteiger partial charge in [-0.25, -0.2) is 0 Å². The fourth-order valence-corrected chi connectivity index (χ4v) is 3.92. The predicted octanol–water partition coefficient (Wildman–Crippen LogP) is 4.05. The van der Waals surface area contributed by atoms with E-state index in [4.69, 9.17) is 31.5 Å². The van der Waals surface area contributed by atoms with Crippen molar-refractivity contribution in [2.75, 3.05) is 33.5 Å². The Hall–Kier alpha value is -2.38. The second-order valence-corrected chi connectivity index (χ2v) is 7.71. The molecule has 0 aliphatic rings. The number of aromatic nitrogens is 1. The van der Waals surface area contributed by atoms with Crippen molar-refractivity contribution in [3.8, 4) is 0 Å². The van der Waals surface area contributed by atoms with E-state index in [1.807, 2.05) is 42.6 Å². The lowest BCUT2D eigenvalue weighted by atomic mass is 9.89. The van der Waals surface area contributed by atoms with Crippen molar-refractivity contribution in [1.29, 1.82) is 0 Å². The van der Waals surface area contributed by atoms with Gasteiger partial charge in [-0.1, -0.05) is 41.9 Å². The van der Waals surface area contributed by atoms with Crippen LogP contribution in [0.2, 0.25) is 5.02 Å². The number of carbonyl (C=O) groups is 1. The molecule has 0 aliphatic heterocycles. The minimum Gasteiger partial charge on any atom is -0.465 e. The summed E-state index contributed by atoms with van der Waals surface area (Å²) in [5, 5.41) is 1.75. The third-order valence-electron chi connectivity index (χ3n) is 5.28. The Kier molecular flexibility index (Phi) is 8.49. The van der Waals surface area contributed by atoms with E-state index in [0.717, 1.165) is 32.6 Å². The number of carbonyl (C=O) groups excluding carboxylic acids is 1. The maximum absolute atomic E-state index is 12.5. The van der Waals surface area contributed by atoms with E-state index >= 15 is 0 Å². The molecule has 0 aliphatic carbocycles. The van der Waals surface area contributed by atoms with Crippen LogP contribution in [0.1, 0.15) is 29.5 Å². The van der Waals surface area contributed by atoms with Crippen molar-refractivity contribution < 1.29 is 19.0 Å². The zero-order valence-corrected chi connectivity index (χ0v) is 18.7. The molecule has 3 rings (SSSR count). The van der Waals surface area contributed by atoms with Crippen LogP contribution in [-0.2, 0) is 25.4 Å². The highest BCUT2D eigenvalue weighted by molar-refractivity contribution is 6.31. The van der Waals surface area contributed by atoms with Gasteiger partial charge in [-0.3, -0.25) is 4.79 Å². The minimum absolute atomic E-state index is 0.273. The number of hydrogen-bond acceptors (Lipinski definition) is 5. The SMILES string of the molecule is CCOC(=O)C(N)C(COCCOC)c1c[nH]c2cccc(Cc3ccccc3Cl)c12. The van der Waals surface area contributed by atoms with Gasteiger partial charge in [0.2, 0.25) is 0 Å². The molecule has 1 aromatic heterocycles. The highest BCUT2D eigenvalue weighted by atomic mass is 35.5. The van der Waals surface area contributed by atoms with Crippen LogP contribution in [0.5, 0.6) is 0 Å². The first-order chi connectivity index (χ1) is 15.1. The van der Waals surface area contributed by atoms with Gasteiger partial charge in [-0.05, 0) is 42.2 Å². The topological polar surface area (TPSA) is 86.6 Å². The standard InChI is InChI=1S/C24H29ClN2O4/c1-3-31-24(28)23(26)19(15-30-12-11-29-2)18-14-27-21-10-6-8-17(22(18)21)13-16-7-4-5-9-20(16)25/h4-10,14,19,23,27H,3,11-13,15,26H2,1-2H3. The molecule has 2 atom stereocenters. The smallest absolute Gasteiger partial charge is 0.323 e. The van der Waals surface area contributed by atoms with Crippen LogP contribution in [0, 0.1) is 0 Å². The second-order valence-electron chi connectivity index (χ2n) is 7.30. The lowest BCUT2D eigenvalue weighted by molar-refractivity contribution is -0.145. The van der Waals surface area contributed by atoms with Gasteiger partial charge in [0, 0.05) is 35.2 Å². The van der Waals surface area contributed by atoms with Crippen molar-refractivity contribution in [3.05, 3.63) is 70.4 Å². The maximum Gasteiger partial charge on any atom is 0.323 e. The third kappa shape index (κ3) is 5.66. The lowest BCUT2D eigenvalue weighted by Gasteiger charge is -2.23. The fraction of sp³-hybridized carbons (Fsp3) is 0.375. The molecule has 3 aromatic rings. The molecule has 7 heteroatoms. The molecule has 0 radical (unpaired) electrons. The van der Waals surface area contributed by atoms with E-state index in [1.54, 1.807) is 14.0 Å². The van der Waals surface area contributed by atoms with Crippen molar-refractivity contribution in [2.45, 2.75) is 25.3 Å². The first-order valence-electron chi connectivity index (χ1n) is 10.4. The Labute approximate surface area is 187 Å². The van der Waals surface area contributed by atoms with E-state index in [0.29, 0.717) is 19.6 Å². The van der Waals surface area contributed by atoms with Crippen molar-refractivity contribution in [2.24, 2.45) is 5.73 Å². The molecule has 0 fully saturated rings. The summed E-state index contributed by atoms with van der Waals surface area (Å²) >= 11 is 6.41. The Morgan fingerprint density at radius 3 is 2.65 bits per heavy atom. The van der Waals surface area contributed by atoms with Crippen LogP contribution in [0.15, 0.2) is 48.7 Å². The Bertz CT molecular complexity index is 1000. The van der Waals surface area contributed by atoms with Gasteiger partial charge in [-0.2, -0.15) is 0 Å². The Balaban J connectivity index is 1.99. The first-order valence-corrected chi connectivity index (χ1v) is 10.8. The van der Waals surface area contributed by atoms with Gasteiger partial charge < -0.3 is 24.9 Å². The molecule has 6 nitrogen and oxygen atoms in total. The summed E-state index contributed by atoms with van der Waals surface area (Å²) < 4.78 is 16.0. The van der Waals surface area contributed by atoms with Crippen molar-refractivity contribution in [3.63, 3.8) is 0 Å². The number of halogens is 1. The molecule has 0 bridgehead atoms. The summed E-state index contributed by atoms with van der Waals surface area (Å²) in [7, 11) is 1.62. The average Bonchev–Trinajstić information content (AvgIpc) is 3.20. The number of H-pyrrole nitrogens is 1. The monoisotopic (exact) mass is 444 g/mol. The summed E-state index contributed by atoms with van der Waals surface area (Å²) in [6.45, 7) is 3.19. The van der Waals surface area contributed by atoms with Crippen molar-refractivity contribution in [1.82, 2.24) is 4.98 Å². The first kappa shape index (κ1) is 23.3. The molecule has 2 aromatic carbocycles. The summed E-state index contributed by atoms with van der Waals surface area (Å²) in [4.78, 5) is 15.8. The quantitative estimate of drug-likeness (QED) is 0.344. The van der Waals surface area contributed by atoms with Crippen molar-refractivity contribution >= 4 is 28.5 Å². The zero-order valence-electron chi connectivity index (χ0n) is 17.9. The number of nitrogens with one attached hydrogen (secondary N) is 1. The third-order valence-corrected chi connectivity index (χ3v) is 5.65. The van der Waals surface area contributed by atoms with Gasteiger partial charge >= 0.3 is 5.97 Å². The summed E-state index contributed by atoms with van der Waals surface area (Å²) in [5.41, 5.74) is 10.4. The fourth-order valence-electron chi connectivity index (χ4n) is 3.72. The molecule has 0 saturated heterocycles. The summed E-state index contributed by atoms with van der Waals surface area (Å²) in [5.74, 6) is -0.821. The van der Waals surface area contributed by atoms with Crippen LogP contribution >= 0.6 is 11.6 Å². The number of fused-ring (bicyclic) bond motifs is 1. The molecule has 31 heavy (non-hydrogen) atoms. The van der Waals surface area contributed by atoms with Crippen LogP contribution in [0.4, 0.5) is 0 Å². The van der Waals surface area contributed by atoms with E-state index < -0.39 is 12.0 Å². The number of aromatic amines is 1. The van der Waals surface area contributed by atoms with E-state index in [2.05, 4.69) is 11.1 Å². The number of esters is 1. The second kappa shape index (κ2) is 11.3. The predicted molar refractivity (Wildman–Crippen MR) is 123 cm³/mol. The minimum atomic E-state index is -0.852. The van der Waals surface area contributed by atoms with Gasteiger partial charge in [0.1, 0.15) is 6.04 Å². The number of benzene rings is 2. The van der Waals surface area contributed by atoms with Crippen LogP contribution in [-0.4, -0.2) is 50.5 Å². The Morgan fingerprint density at radius 2 is 1.90 bits per heavy atom. The number of nitrogens with two attached hydrogens (primary N) is 1. The highest BCUT2D eigenvalue weighted by Crippen LogP contribution is 2.33. The van der Waals surface area contributed by atoms with Crippen LogP contribution < -0.4 is 5.73 Å². The maximum atomic E-state index is 12.5. The number of ether oxygens (including phenoxy) is 3. The molecule has 2 unspecified atom stereocenters. The largest absolute Gasteiger partial charge is 0.465 e. The number of rotatable bonds is 11. The molecule has 3 N–H and O–H groups in total. The van der Waals surface area contributed by atoms with E-state index in [9.17, 15) is 4.79 Å². The zero-order chi connectivity index (χ0) is 22.2. The van der Waals surface area contributed by atoms with Gasteiger partial charge in [0.05, 0.1) is 26.4 Å². The molecule has 0 amide bonds. The molecular formula is C24H29ClN2O4. The summed E-state index contributed by atoms with van der Waals surface area (Å²) in [6, 6.07) is 13.0. The van der Waals surface area contributed by atoms with Crippen LogP contribution in [0.3, 0.4) is 0 Å². The normalized spacial score (nSPS) is 13.3. The van der Waals surface area contributed by atoms with Crippen LogP contribution in [0.25, 0.3) is 10.9 Å². The lowest BCUT2D eigenvalue weighted by Crippen LogP contribution is -2.40. The average molecular weight is 445 g/mol. The number of hydrogen-bond donors (Lipinski definition) is 2. The molecular weight excluding hydrogens is 416 g/mol. The van der Waals surface area contributed by atoms with E-state index in [-0.39, 0.29) is 19.1 Å². The number of methoxy groups -OCH3 is 1. The molecule has 1 heterocycles. The van der Waals surface area contributed by atoms with Gasteiger partial charge in [0.25, 0.3) is 0 Å². The highest BCUT2D eigenvalue weighted by Gasteiger charge is 2.30. The molecule has 0 spiro atoms.